The van der Waals surface area contributed by atoms with Crippen LogP contribution in [0.15, 0.2) is 12.4 Å². The monoisotopic (exact) mass is 275 g/mol. The number of rotatable bonds is 5. The van der Waals surface area contributed by atoms with Gasteiger partial charge in [-0.05, 0) is 31.6 Å². The Bertz CT molecular complexity index is 492. The van der Waals surface area contributed by atoms with Gasteiger partial charge in [0.05, 0.1) is 19.3 Å². The molecule has 0 aromatic carbocycles. The van der Waals surface area contributed by atoms with Gasteiger partial charge in [0.2, 0.25) is 5.88 Å². The maximum Gasteiger partial charge on any atom is 0.218 e. The lowest BCUT2D eigenvalue weighted by molar-refractivity contribution is 0.0323. The largest absolute Gasteiger partial charge is 0.481 e. The van der Waals surface area contributed by atoms with Crippen molar-refractivity contribution in [1.82, 2.24) is 9.97 Å². The third-order valence-corrected chi connectivity index (χ3v) is 4.86. The van der Waals surface area contributed by atoms with E-state index in [9.17, 15) is 0 Å². The van der Waals surface area contributed by atoms with Crippen LogP contribution in [0.1, 0.15) is 25.7 Å². The SMILES string of the molecule is COc1cc(N2C[C@H]3CC[C@H]2[C@@H]3OCC2CC2)ncn1. The third-order valence-electron chi connectivity index (χ3n) is 4.86. The van der Waals surface area contributed by atoms with Gasteiger partial charge in [0.1, 0.15) is 12.1 Å². The van der Waals surface area contributed by atoms with Gasteiger partial charge >= 0.3 is 0 Å². The number of hydrogen-bond acceptors (Lipinski definition) is 5. The molecule has 5 nitrogen and oxygen atoms in total. The molecule has 4 rings (SSSR count). The highest BCUT2D eigenvalue weighted by Crippen LogP contribution is 2.43. The van der Waals surface area contributed by atoms with Gasteiger partial charge in [0.25, 0.3) is 0 Å². The first-order chi connectivity index (χ1) is 9.85. The van der Waals surface area contributed by atoms with Crippen LogP contribution in [0.2, 0.25) is 0 Å². The van der Waals surface area contributed by atoms with Crippen LogP contribution in [0.25, 0.3) is 0 Å². The molecule has 1 saturated heterocycles. The van der Waals surface area contributed by atoms with Gasteiger partial charge in [0, 0.05) is 25.1 Å². The van der Waals surface area contributed by atoms with Crippen molar-refractivity contribution in [1.29, 1.82) is 0 Å². The second-order valence-corrected chi connectivity index (χ2v) is 6.22. The first-order valence-corrected chi connectivity index (χ1v) is 7.59. The second kappa shape index (κ2) is 4.88. The minimum Gasteiger partial charge on any atom is -0.481 e. The summed E-state index contributed by atoms with van der Waals surface area (Å²) >= 11 is 0. The van der Waals surface area contributed by atoms with Crippen LogP contribution in [0.4, 0.5) is 5.82 Å². The maximum absolute atomic E-state index is 6.21. The molecule has 1 aromatic rings. The van der Waals surface area contributed by atoms with E-state index >= 15 is 0 Å². The average Bonchev–Trinajstić information content (AvgIpc) is 3.18. The van der Waals surface area contributed by atoms with E-state index < -0.39 is 0 Å². The molecule has 3 atom stereocenters. The molecule has 2 heterocycles. The summed E-state index contributed by atoms with van der Waals surface area (Å²) < 4.78 is 11.4. The Morgan fingerprint density at radius 3 is 2.95 bits per heavy atom. The quantitative estimate of drug-likeness (QED) is 0.821. The van der Waals surface area contributed by atoms with Crippen molar-refractivity contribution in [2.24, 2.45) is 11.8 Å². The summed E-state index contributed by atoms with van der Waals surface area (Å²) in [4.78, 5) is 10.9. The molecule has 0 spiro atoms. The Hall–Kier alpha value is -1.36. The summed E-state index contributed by atoms with van der Waals surface area (Å²) in [6.45, 7) is 2.01. The number of hydrogen-bond donors (Lipinski definition) is 0. The highest BCUT2D eigenvalue weighted by molar-refractivity contribution is 5.45. The van der Waals surface area contributed by atoms with E-state index in [0.717, 1.165) is 24.9 Å². The summed E-state index contributed by atoms with van der Waals surface area (Å²) in [6, 6.07) is 2.41. The lowest BCUT2D eigenvalue weighted by Gasteiger charge is -2.28. The number of ether oxygens (including phenoxy) is 2. The Labute approximate surface area is 119 Å². The normalized spacial score (nSPS) is 31.9. The number of methoxy groups -OCH3 is 1. The number of nitrogens with zero attached hydrogens (tertiary/aromatic N) is 3. The van der Waals surface area contributed by atoms with Gasteiger partial charge in [-0.2, -0.15) is 0 Å². The van der Waals surface area contributed by atoms with E-state index in [2.05, 4.69) is 14.9 Å². The van der Waals surface area contributed by atoms with Crippen molar-refractivity contribution >= 4 is 5.82 Å². The molecule has 0 radical (unpaired) electrons. The molecule has 1 aliphatic heterocycles. The lowest BCUT2D eigenvalue weighted by atomic mass is 10.1. The minimum absolute atomic E-state index is 0.400. The van der Waals surface area contributed by atoms with Crippen molar-refractivity contribution in [3.8, 4) is 5.88 Å². The Morgan fingerprint density at radius 1 is 1.25 bits per heavy atom. The summed E-state index contributed by atoms with van der Waals surface area (Å²) in [5.74, 6) is 3.11. The van der Waals surface area contributed by atoms with Crippen LogP contribution >= 0.6 is 0 Å². The molecule has 1 aromatic heterocycles. The molecule has 2 bridgehead atoms. The standard InChI is InChI=1S/C15H21N3O2/c1-19-14-6-13(16-9-17-14)18-7-11-4-5-12(18)15(11)20-8-10-2-3-10/h6,9-12,15H,2-5,7-8H2,1H3/t11-,12+,15-/m1/s1. The highest BCUT2D eigenvalue weighted by Gasteiger charge is 2.48. The smallest absolute Gasteiger partial charge is 0.218 e. The van der Waals surface area contributed by atoms with Crippen LogP contribution in [-0.4, -0.2) is 42.4 Å². The van der Waals surface area contributed by atoms with E-state index in [1.165, 1.54) is 25.7 Å². The van der Waals surface area contributed by atoms with Crippen molar-refractivity contribution in [3.05, 3.63) is 12.4 Å². The van der Waals surface area contributed by atoms with E-state index in [1.807, 2.05) is 6.07 Å². The zero-order valence-corrected chi connectivity index (χ0v) is 11.9. The number of aromatic nitrogens is 2. The molecular formula is C15H21N3O2. The van der Waals surface area contributed by atoms with Crippen LogP contribution in [0.5, 0.6) is 5.88 Å². The van der Waals surface area contributed by atoms with Crippen molar-refractivity contribution in [2.45, 2.75) is 37.8 Å². The van der Waals surface area contributed by atoms with Crippen molar-refractivity contribution in [2.75, 3.05) is 25.2 Å². The fourth-order valence-corrected chi connectivity index (χ4v) is 3.58. The average molecular weight is 275 g/mol. The molecule has 20 heavy (non-hydrogen) atoms. The topological polar surface area (TPSA) is 47.5 Å². The number of piperidine rings is 1. The molecule has 5 heteroatoms. The maximum atomic E-state index is 6.21. The van der Waals surface area contributed by atoms with Gasteiger partial charge in [-0.25, -0.2) is 9.97 Å². The predicted molar refractivity (Wildman–Crippen MR) is 74.9 cm³/mol. The number of fused-ring (bicyclic) bond motifs is 2. The molecule has 3 fully saturated rings. The molecule has 2 aliphatic carbocycles. The van der Waals surface area contributed by atoms with E-state index in [4.69, 9.17) is 9.47 Å². The zero-order chi connectivity index (χ0) is 13.5. The van der Waals surface area contributed by atoms with Gasteiger partial charge < -0.3 is 14.4 Å². The fraction of sp³-hybridized carbons (Fsp3) is 0.733. The lowest BCUT2D eigenvalue weighted by Crippen LogP contribution is -2.36. The van der Waals surface area contributed by atoms with E-state index in [1.54, 1.807) is 13.4 Å². The summed E-state index contributed by atoms with van der Waals surface area (Å²) in [5.41, 5.74) is 0. The zero-order valence-electron chi connectivity index (χ0n) is 11.9. The Kier molecular flexibility index (Phi) is 3.02. The van der Waals surface area contributed by atoms with Gasteiger partial charge in [-0.3, -0.25) is 0 Å². The van der Waals surface area contributed by atoms with Crippen LogP contribution < -0.4 is 9.64 Å². The molecule has 2 saturated carbocycles. The van der Waals surface area contributed by atoms with Crippen LogP contribution in [0, 0.1) is 11.8 Å². The molecule has 0 amide bonds. The van der Waals surface area contributed by atoms with Gasteiger partial charge in [-0.15, -0.1) is 0 Å². The first kappa shape index (κ1) is 12.4. The van der Waals surface area contributed by atoms with Crippen LogP contribution in [0.3, 0.4) is 0 Å². The van der Waals surface area contributed by atoms with Gasteiger partial charge in [-0.1, -0.05) is 0 Å². The van der Waals surface area contributed by atoms with E-state index in [-0.39, 0.29) is 0 Å². The summed E-state index contributed by atoms with van der Waals surface area (Å²) in [7, 11) is 1.64. The predicted octanol–water partition coefficient (Wildman–Crippen LogP) is 1.88. The summed E-state index contributed by atoms with van der Waals surface area (Å²) in [6.07, 6.45) is 7.20. The first-order valence-electron chi connectivity index (χ1n) is 7.59. The minimum atomic E-state index is 0.400. The highest BCUT2D eigenvalue weighted by atomic mass is 16.5. The van der Waals surface area contributed by atoms with Crippen molar-refractivity contribution < 1.29 is 9.47 Å². The summed E-state index contributed by atoms with van der Waals surface area (Å²) in [5, 5.41) is 0. The third kappa shape index (κ3) is 2.14. The molecule has 0 N–H and O–H groups in total. The second-order valence-electron chi connectivity index (χ2n) is 6.22. The van der Waals surface area contributed by atoms with Crippen LogP contribution in [-0.2, 0) is 4.74 Å². The molecule has 0 unspecified atom stereocenters. The number of anilines is 1. The van der Waals surface area contributed by atoms with Crippen molar-refractivity contribution in [3.63, 3.8) is 0 Å². The van der Waals surface area contributed by atoms with E-state index in [0.29, 0.717) is 23.9 Å². The Morgan fingerprint density at radius 2 is 2.15 bits per heavy atom. The Balaban J connectivity index is 1.49. The van der Waals surface area contributed by atoms with Gasteiger partial charge in [0.15, 0.2) is 0 Å². The molecular weight excluding hydrogens is 254 g/mol. The fourth-order valence-electron chi connectivity index (χ4n) is 3.58. The molecule has 108 valence electrons. The molecule has 3 aliphatic rings.